The van der Waals surface area contributed by atoms with Gasteiger partial charge in [0.05, 0.1) is 6.21 Å². The minimum absolute atomic E-state index is 0.104. The molecule has 0 amide bonds. The topological polar surface area (TPSA) is 86.0 Å². The summed E-state index contributed by atoms with van der Waals surface area (Å²) in [5, 5.41) is 9.48. The molecular formula is C15H14N4O. The van der Waals surface area contributed by atoms with E-state index < -0.39 is 0 Å². The van der Waals surface area contributed by atoms with Gasteiger partial charge in [0.25, 0.3) is 0 Å². The summed E-state index contributed by atoms with van der Waals surface area (Å²) in [4.78, 5) is 0. The van der Waals surface area contributed by atoms with E-state index in [1.54, 1.807) is 6.21 Å². The molecule has 0 radical (unpaired) electrons. The molecule has 0 fully saturated rings. The molecule has 2 aromatic carbocycles. The fourth-order valence-corrected chi connectivity index (χ4v) is 1.81. The van der Waals surface area contributed by atoms with Gasteiger partial charge in [0.1, 0.15) is 12.4 Å². The van der Waals surface area contributed by atoms with Gasteiger partial charge in [-0.15, -0.1) is 11.5 Å². The second-order valence-electron chi connectivity index (χ2n) is 3.96. The first-order chi connectivity index (χ1) is 9.72. The Morgan fingerprint density at radius 1 is 1.25 bits per heavy atom. The Morgan fingerprint density at radius 3 is 2.80 bits per heavy atom. The molecule has 0 aliphatic heterocycles. The molecule has 0 atom stereocenters. The van der Waals surface area contributed by atoms with E-state index in [1.165, 1.54) is 0 Å². The summed E-state index contributed by atoms with van der Waals surface area (Å²) in [5.41, 5.74) is 11.3. The van der Waals surface area contributed by atoms with Crippen LogP contribution in [-0.4, -0.2) is 18.8 Å². The summed E-state index contributed by atoms with van der Waals surface area (Å²) >= 11 is 0. The van der Waals surface area contributed by atoms with Crippen LogP contribution < -0.4 is 16.2 Å². The minimum Gasteiger partial charge on any atom is -0.480 e. The quantitative estimate of drug-likeness (QED) is 0.380. The largest absolute Gasteiger partial charge is 0.480 e. The number of nitrogens with zero attached hydrogens (tertiary/aromatic N) is 2. The zero-order valence-corrected chi connectivity index (χ0v) is 10.8. The molecule has 20 heavy (non-hydrogen) atoms. The van der Waals surface area contributed by atoms with Crippen LogP contribution in [0.2, 0.25) is 0 Å². The molecule has 0 aromatic heterocycles. The molecule has 0 aliphatic carbocycles. The Labute approximate surface area is 116 Å². The zero-order chi connectivity index (χ0) is 14.4. The maximum atomic E-state index is 5.51. The number of ether oxygens (including phenoxy) is 1. The predicted octanol–water partition coefficient (Wildman–Crippen LogP) is 1.46. The van der Waals surface area contributed by atoms with Crippen LogP contribution in [0.1, 0.15) is 5.56 Å². The molecule has 2 aromatic rings. The molecule has 5 nitrogen and oxygen atoms in total. The number of guanidine groups is 1. The van der Waals surface area contributed by atoms with Gasteiger partial charge in [-0.25, -0.2) is 0 Å². The van der Waals surface area contributed by atoms with Crippen molar-refractivity contribution in [3.05, 3.63) is 42.0 Å². The lowest BCUT2D eigenvalue weighted by molar-refractivity contribution is 0.370. The Morgan fingerprint density at radius 2 is 2.05 bits per heavy atom. The number of hydrogen-bond acceptors (Lipinski definition) is 3. The van der Waals surface area contributed by atoms with E-state index in [-0.39, 0.29) is 12.6 Å². The molecule has 0 saturated heterocycles. The van der Waals surface area contributed by atoms with Gasteiger partial charge in [-0.1, -0.05) is 36.3 Å². The zero-order valence-electron chi connectivity index (χ0n) is 10.8. The van der Waals surface area contributed by atoms with E-state index in [2.05, 4.69) is 16.1 Å². The van der Waals surface area contributed by atoms with Crippen LogP contribution in [0.5, 0.6) is 5.75 Å². The van der Waals surface area contributed by atoms with Gasteiger partial charge >= 0.3 is 0 Å². The first kappa shape index (κ1) is 13.4. The van der Waals surface area contributed by atoms with Crippen molar-refractivity contribution in [2.45, 2.75) is 0 Å². The fourth-order valence-electron chi connectivity index (χ4n) is 1.81. The number of fused-ring (bicyclic) bond motifs is 1. The van der Waals surface area contributed by atoms with Crippen molar-refractivity contribution in [3.8, 4) is 18.1 Å². The van der Waals surface area contributed by atoms with Crippen LogP contribution in [0.3, 0.4) is 0 Å². The molecular weight excluding hydrogens is 252 g/mol. The molecule has 0 heterocycles. The summed E-state index contributed by atoms with van der Waals surface area (Å²) in [6.45, 7) is 0.182. The van der Waals surface area contributed by atoms with E-state index in [0.717, 1.165) is 16.3 Å². The predicted molar refractivity (Wildman–Crippen MR) is 81.7 cm³/mol. The van der Waals surface area contributed by atoms with Crippen molar-refractivity contribution >= 4 is 22.9 Å². The summed E-state index contributed by atoms with van der Waals surface area (Å²) in [6.07, 6.45) is 6.76. The molecule has 0 bridgehead atoms. The maximum Gasteiger partial charge on any atom is 0.211 e. The smallest absolute Gasteiger partial charge is 0.211 e. The number of terminal acetylenes is 1. The van der Waals surface area contributed by atoms with Crippen molar-refractivity contribution < 1.29 is 4.74 Å². The van der Waals surface area contributed by atoms with Crippen molar-refractivity contribution in [1.82, 2.24) is 0 Å². The van der Waals surface area contributed by atoms with E-state index in [4.69, 9.17) is 22.6 Å². The average molecular weight is 266 g/mol. The summed E-state index contributed by atoms with van der Waals surface area (Å²) in [5.74, 6) is 2.96. The van der Waals surface area contributed by atoms with Crippen LogP contribution in [-0.2, 0) is 0 Å². The summed E-state index contributed by atoms with van der Waals surface area (Å²) in [6, 6.07) is 11.7. The van der Waals surface area contributed by atoms with Gasteiger partial charge in [-0.05, 0) is 16.8 Å². The first-order valence-electron chi connectivity index (χ1n) is 5.92. The molecule has 0 saturated carbocycles. The van der Waals surface area contributed by atoms with E-state index in [1.807, 2.05) is 36.4 Å². The SMILES string of the molecule is C#CCOc1ccc2ccccc2c1C=NN=C(N)N. The van der Waals surface area contributed by atoms with Crippen LogP contribution in [0.25, 0.3) is 10.8 Å². The van der Waals surface area contributed by atoms with Gasteiger partial charge in [0.15, 0.2) is 0 Å². The second kappa shape index (κ2) is 6.25. The Kier molecular flexibility index (Phi) is 4.20. The van der Waals surface area contributed by atoms with E-state index in [9.17, 15) is 0 Å². The highest BCUT2D eigenvalue weighted by molar-refractivity contribution is 6.02. The summed E-state index contributed by atoms with van der Waals surface area (Å²) in [7, 11) is 0. The van der Waals surface area contributed by atoms with Gasteiger partial charge in [0.2, 0.25) is 5.96 Å². The lowest BCUT2D eigenvalue weighted by Crippen LogP contribution is -2.21. The average Bonchev–Trinajstić information content (AvgIpc) is 2.45. The molecule has 0 spiro atoms. The van der Waals surface area contributed by atoms with Crippen LogP contribution in [0, 0.1) is 12.3 Å². The highest BCUT2D eigenvalue weighted by Crippen LogP contribution is 2.26. The Bertz CT molecular complexity index is 709. The van der Waals surface area contributed by atoms with Gasteiger partial charge < -0.3 is 16.2 Å². The van der Waals surface area contributed by atoms with Crippen molar-refractivity contribution in [2.75, 3.05) is 6.61 Å². The third-order valence-corrected chi connectivity index (χ3v) is 2.60. The first-order valence-corrected chi connectivity index (χ1v) is 5.92. The standard InChI is InChI=1S/C15H14N4O/c1-2-9-20-14-8-7-11-5-3-4-6-12(11)13(14)10-18-19-15(16)17/h1,3-8,10H,9H2,(H4,16,17,19). The number of benzene rings is 2. The fraction of sp³-hybridized carbons (Fsp3) is 0.0667. The maximum absolute atomic E-state index is 5.51. The number of nitrogens with two attached hydrogens (primary N) is 2. The molecule has 0 aliphatic rings. The lowest BCUT2D eigenvalue weighted by Gasteiger charge is -2.09. The normalized spacial score (nSPS) is 10.3. The number of hydrogen-bond donors (Lipinski definition) is 2. The Balaban J connectivity index is 2.53. The highest BCUT2D eigenvalue weighted by atomic mass is 16.5. The number of rotatable bonds is 4. The van der Waals surface area contributed by atoms with Crippen LogP contribution in [0.15, 0.2) is 46.6 Å². The van der Waals surface area contributed by atoms with Gasteiger partial charge in [0, 0.05) is 5.56 Å². The van der Waals surface area contributed by atoms with E-state index >= 15 is 0 Å². The molecule has 0 unspecified atom stereocenters. The van der Waals surface area contributed by atoms with Gasteiger partial charge in [-0.2, -0.15) is 5.10 Å². The lowest BCUT2D eigenvalue weighted by atomic mass is 10.0. The van der Waals surface area contributed by atoms with Crippen LogP contribution >= 0.6 is 0 Å². The molecule has 100 valence electrons. The summed E-state index contributed by atoms with van der Waals surface area (Å²) < 4.78 is 5.51. The highest BCUT2D eigenvalue weighted by Gasteiger charge is 2.06. The van der Waals surface area contributed by atoms with Crippen molar-refractivity contribution in [3.63, 3.8) is 0 Å². The Hall–Kier alpha value is -3.00. The third-order valence-electron chi connectivity index (χ3n) is 2.60. The van der Waals surface area contributed by atoms with Crippen LogP contribution in [0.4, 0.5) is 0 Å². The van der Waals surface area contributed by atoms with E-state index in [0.29, 0.717) is 5.75 Å². The van der Waals surface area contributed by atoms with Gasteiger partial charge in [-0.3, -0.25) is 0 Å². The molecule has 2 rings (SSSR count). The minimum atomic E-state index is -0.104. The van der Waals surface area contributed by atoms with Crippen molar-refractivity contribution in [2.24, 2.45) is 21.7 Å². The van der Waals surface area contributed by atoms with Crippen molar-refractivity contribution in [1.29, 1.82) is 0 Å². The second-order valence-corrected chi connectivity index (χ2v) is 3.96. The third kappa shape index (κ3) is 3.06. The molecule has 5 heteroatoms. The monoisotopic (exact) mass is 266 g/mol. The molecule has 4 N–H and O–H groups in total.